The van der Waals surface area contributed by atoms with Gasteiger partial charge in [0.2, 0.25) is 5.13 Å². The zero-order chi connectivity index (χ0) is 17.6. The lowest BCUT2D eigenvalue weighted by Crippen LogP contribution is -2.15. The molecule has 0 radical (unpaired) electrons. The lowest BCUT2D eigenvalue weighted by molar-refractivity contribution is 0.101. The summed E-state index contributed by atoms with van der Waals surface area (Å²) >= 11 is 1.33. The lowest BCUT2D eigenvalue weighted by atomic mass is 10.2. The van der Waals surface area contributed by atoms with E-state index in [1.54, 1.807) is 29.8 Å². The summed E-state index contributed by atoms with van der Waals surface area (Å²) in [6.07, 6.45) is 0.759. The summed E-state index contributed by atoms with van der Waals surface area (Å²) in [6, 6.07) is 8.80. The van der Waals surface area contributed by atoms with Crippen molar-refractivity contribution < 1.29 is 9.21 Å². The third-order valence-corrected chi connectivity index (χ3v) is 5.00. The van der Waals surface area contributed by atoms with Gasteiger partial charge in [0, 0.05) is 12.4 Å². The Hall–Kier alpha value is -3.00. The molecule has 4 rings (SSSR count). The minimum absolute atomic E-state index is 0.346. The van der Waals surface area contributed by atoms with E-state index >= 15 is 0 Å². The predicted octanol–water partition coefficient (Wildman–Crippen LogP) is 2.95. The maximum atomic E-state index is 12.6. The number of carbonyl (C=O) groups excluding carboxylic acids is 1. The first-order valence-electron chi connectivity index (χ1n) is 7.73. The highest BCUT2D eigenvalue weighted by atomic mass is 32.1. The number of hydrogen-bond donors (Lipinski definition) is 1. The normalized spacial score (nSPS) is 11.3. The van der Waals surface area contributed by atoms with Gasteiger partial charge in [-0.2, -0.15) is 0 Å². The molecular formula is C17H14N4O3S. The van der Waals surface area contributed by atoms with Gasteiger partial charge in [-0.15, -0.1) is 10.2 Å². The highest BCUT2D eigenvalue weighted by molar-refractivity contribution is 7.15. The van der Waals surface area contributed by atoms with Crippen LogP contribution < -0.4 is 10.9 Å². The van der Waals surface area contributed by atoms with Crippen molar-refractivity contribution in [1.82, 2.24) is 14.8 Å². The summed E-state index contributed by atoms with van der Waals surface area (Å²) in [7, 11) is 1.75. The van der Waals surface area contributed by atoms with Crippen LogP contribution in [0, 0.1) is 0 Å². The van der Waals surface area contributed by atoms with Crippen LogP contribution >= 0.6 is 11.3 Å². The Bertz CT molecular complexity index is 1170. The van der Waals surface area contributed by atoms with Crippen molar-refractivity contribution in [3.8, 4) is 0 Å². The highest BCUT2D eigenvalue weighted by Crippen LogP contribution is 2.26. The van der Waals surface area contributed by atoms with Gasteiger partial charge in [-0.05, 0) is 24.6 Å². The smallest absolute Gasteiger partial charge is 0.345 e. The number of amides is 1. The Morgan fingerprint density at radius 2 is 2.08 bits per heavy atom. The number of carbonyl (C=O) groups is 1. The van der Waals surface area contributed by atoms with E-state index in [9.17, 15) is 9.59 Å². The summed E-state index contributed by atoms with van der Waals surface area (Å²) < 4.78 is 7.04. The number of rotatable bonds is 3. The van der Waals surface area contributed by atoms with Gasteiger partial charge >= 0.3 is 5.63 Å². The average Bonchev–Trinajstić information content (AvgIpc) is 3.20. The largest absolute Gasteiger partial charge is 0.422 e. The summed E-state index contributed by atoms with van der Waals surface area (Å²) in [5, 5.41) is 13.1. The van der Waals surface area contributed by atoms with E-state index in [-0.39, 0.29) is 5.91 Å². The van der Waals surface area contributed by atoms with Gasteiger partial charge < -0.3 is 8.98 Å². The van der Waals surface area contributed by atoms with Gasteiger partial charge in [0.15, 0.2) is 0 Å². The fourth-order valence-electron chi connectivity index (χ4n) is 2.82. The Morgan fingerprint density at radius 1 is 1.28 bits per heavy atom. The number of hydrogen-bond acceptors (Lipinski definition) is 6. The molecule has 0 spiro atoms. The van der Waals surface area contributed by atoms with Crippen molar-refractivity contribution in [2.45, 2.75) is 13.3 Å². The standard InChI is InChI=1S/C17H14N4O3S/c1-3-13-19-20-17(25-13)18-15(22)11-8-10-14(21(11)2)9-6-4-5-7-12(9)24-16(10)23/h4-8H,3H2,1-2H3,(H,18,20,22). The first kappa shape index (κ1) is 15.5. The molecule has 25 heavy (non-hydrogen) atoms. The SMILES string of the molecule is CCc1nnc(NC(=O)c2cc3c(=O)oc4ccccc4c3n2C)s1. The van der Waals surface area contributed by atoms with E-state index in [1.807, 2.05) is 19.1 Å². The molecule has 0 unspecified atom stereocenters. The van der Waals surface area contributed by atoms with Crippen molar-refractivity contribution in [3.63, 3.8) is 0 Å². The molecule has 3 aromatic heterocycles. The number of nitrogens with one attached hydrogen (secondary N) is 1. The molecule has 1 amide bonds. The number of aromatic nitrogens is 3. The molecule has 7 nitrogen and oxygen atoms in total. The summed E-state index contributed by atoms with van der Waals surface area (Å²) in [6.45, 7) is 1.97. The fraction of sp³-hybridized carbons (Fsp3) is 0.176. The number of aryl methyl sites for hydroxylation is 2. The van der Waals surface area contributed by atoms with Crippen LogP contribution in [-0.4, -0.2) is 20.7 Å². The maximum Gasteiger partial charge on any atom is 0.345 e. The lowest BCUT2D eigenvalue weighted by Gasteiger charge is -2.05. The van der Waals surface area contributed by atoms with E-state index in [1.165, 1.54) is 11.3 Å². The van der Waals surface area contributed by atoms with E-state index < -0.39 is 5.63 Å². The second kappa shape index (κ2) is 5.82. The average molecular weight is 354 g/mol. The van der Waals surface area contributed by atoms with Gasteiger partial charge in [0.05, 0.1) is 10.9 Å². The van der Waals surface area contributed by atoms with Crippen LogP contribution in [0.2, 0.25) is 0 Å². The highest BCUT2D eigenvalue weighted by Gasteiger charge is 2.19. The number of anilines is 1. The van der Waals surface area contributed by atoms with Gasteiger partial charge in [-0.3, -0.25) is 10.1 Å². The zero-order valence-corrected chi connectivity index (χ0v) is 14.4. The Kier molecular flexibility index (Phi) is 3.61. The molecule has 1 N–H and O–H groups in total. The van der Waals surface area contributed by atoms with Crippen LogP contribution in [0.1, 0.15) is 22.4 Å². The van der Waals surface area contributed by atoms with E-state index in [0.717, 1.165) is 16.8 Å². The molecule has 0 atom stereocenters. The van der Waals surface area contributed by atoms with E-state index in [0.29, 0.717) is 27.3 Å². The molecule has 0 fully saturated rings. The van der Waals surface area contributed by atoms with Crippen molar-refractivity contribution in [1.29, 1.82) is 0 Å². The maximum absolute atomic E-state index is 12.6. The van der Waals surface area contributed by atoms with Gasteiger partial charge in [-0.25, -0.2) is 4.79 Å². The molecule has 4 aromatic rings. The minimum Gasteiger partial charge on any atom is -0.422 e. The van der Waals surface area contributed by atoms with Crippen molar-refractivity contribution >= 4 is 44.2 Å². The van der Waals surface area contributed by atoms with Crippen LogP contribution in [0.4, 0.5) is 5.13 Å². The first-order chi connectivity index (χ1) is 12.1. The van der Waals surface area contributed by atoms with Gasteiger partial charge in [-0.1, -0.05) is 30.4 Å². The molecule has 0 saturated heterocycles. The molecule has 0 aliphatic carbocycles. The number of para-hydroxylation sites is 1. The molecule has 8 heteroatoms. The molecule has 3 heterocycles. The predicted molar refractivity (Wildman–Crippen MR) is 96.2 cm³/mol. The number of benzene rings is 1. The molecule has 126 valence electrons. The number of nitrogens with zero attached hydrogens (tertiary/aromatic N) is 3. The Balaban J connectivity index is 1.83. The molecule has 1 aromatic carbocycles. The first-order valence-corrected chi connectivity index (χ1v) is 8.55. The second-order valence-electron chi connectivity index (χ2n) is 5.55. The topological polar surface area (TPSA) is 90.0 Å². The van der Waals surface area contributed by atoms with Crippen LogP contribution in [0.25, 0.3) is 21.9 Å². The second-order valence-corrected chi connectivity index (χ2v) is 6.61. The molecule has 0 aliphatic rings. The van der Waals surface area contributed by atoms with Crippen LogP contribution in [0.5, 0.6) is 0 Å². The monoisotopic (exact) mass is 354 g/mol. The van der Waals surface area contributed by atoms with Crippen LogP contribution in [0.3, 0.4) is 0 Å². The van der Waals surface area contributed by atoms with Crippen molar-refractivity contribution in [3.05, 3.63) is 51.5 Å². The Morgan fingerprint density at radius 3 is 2.84 bits per heavy atom. The van der Waals surface area contributed by atoms with Gasteiger partial charge in [0.1, 0.15) is 16.3 Å². The minimum atomic E-state index is -0.465. The molecular weight excluding hydrogens is 340 g/mol. The quantitative estimate of drug-likeness (QED) is 0.571. The van der Waals surface area contributed by atoms with E-state index in [2.05, 4.69) is 15.5 Å². The van der Waals surface area contributed by atoms with Crippen molar-refractivity contribution in [2.75, 3.05) is 5.32 Å². The summed E-state index contributed by atoms with van der Waals surface area (Å²) in [5.74, 6) is -0.346. The summed E-state index contributed by atoms with van der Waals surface area (Å²) in [4.78, 5) is 24.9. The van der Waals surface area contributed by atoms with Gasteiger partial charge in [0.25, 0.3) is 5.91 Å². The third-order valence-electron chi connectivity index (χ3n) is 4.02. The van der Waals surface area contributed by atoms with Crippen LogP contribution in [-0.2, 0) is 13.5 Å². The van der Waals surface area contributed by atoms with Crippen molar-refractivity contribution in [2.24, 2.45) is 7.05 Å². The molecule has 0 aliphatic heterocycles. The molecule has 0 bridgehead atoms. The number of fused-ring (bicyclic) bond motifs is 3. The van der Waals surface area contributed by atoms with E-state index in [4.69, 9.17) is 4.42 Å². The summed E-state index contributed by atoms with van der Waals surface area (Å²) in [5.41, 5.74) is 1.05. The van der Waals surface area contributed by atoms with Crippen LogP contribution in [0.15, 0.2) is 39.5 Å². The fourth-order valence-corrected chi connectivity index (χ4v) is 3.49. The molecule has 0 saturated carbocycles. The third kappa shape index (κ3) is 2.51. The Labute approximate surface area is 145 Å². The zero-order valence-electron chi connectivity index (χ0n) is 13.6.